The predicted molar refractivity (Wildman–Crippen MR) is 48.5 cm³/mol. The smallest absolute Gasteiger partial charge is 0.324 e. The molecule has 1 fully saturated rings. The van der Waals surface area contributed by atoms with Crippen molar-refractivity contribution in [3.63, 3.8) is 0 Å². The molecule has 4 heteroatoms. The minimum atomic E-state index is -0.0834. The van der Waals surface area contributed by atoms with Crippen molar-refractivity contribution < 1.29 is 14.3 Å². The molecule has 0 N–H and O–H groups in total. The highest BCUT2D eigenvalue weighted by molar-refractivity contribution is 5.79. The van der Waals surface area contributed by atoms with Gasteiger partial charge in [-0.05, 0) is 13.3 Å². The first-order valence-corrected chi connectivity index (χ1v) is 4.69. The SMILES string of the molecule is CCOC(=O)C1CN1CCCOC. The predicted octanol–water partition coefficient (Wildman–Crippen LogP) is 0.270. The Balaban J connectivity index is 2.04. The van der Waals surface area contributed by atoms with Crippen LogP contribution in [-0.2, 0) is 14.3 Å². The number of hydrogen-bond acceptors (Lipinski definition) is 4. The largest absolute Gasteiger partial charge is 0.465 e. The second-order valence-corrected chi connectivity index (χ2v) is 3.11. The highest BCUT2D eigenvalue weighted by Gasteiger charge is 2.40. The Morgan fingerprint density at radius 3 is 3.00 bits per heavy atom. The molecule has 0 saturated carbocycles. The average Bonchev–Trinajstić information content (AvgIpc) is 2.85. The van der Waals surface area contributed by atoms with Crippen LogP contribution < -0.4 is 0 Å². The van der Waals surface area contributed by atoms with Gasteiger partial charge in [-0.15, -0.1) is 0 Å². The van der Waals surface area contributed by atoms with E-state index in [1.807, 2.05) is 6.92 Å². The van der Waals surface area contributed by atoms with Crippen molar-refractivity contribution >= 4 is 5.97 Å². The van der Waals surface area contributed by atoms with Crippen molar-refractivity contribution in [2.45, 2.75) is 19.4 Å². The van der Waals surface area contributed by atoms with Crippen molar-refractivity contribution in [2.75, 3.05) is 33.4 Å². The van der Waals surface area contributed by atoms with E-state index in [-0.39, 0.29) is 12.0 Å². The lowest BCUT2D eigenvalue weighted by Crippen LogP contribution is -2.17. The van der Waals surface area contributed by atoms with Crippen LogP contribution in [0.15, 0.2) is 0 Å². The number of rotatable bonds is 6. The number of ether oxygens (including phenoxy) is 2. The summed E-state index contributed by atoms with van der Waals surface area (Å²) in [5.74, 6) is -0.0834. The van der Waals surface area contributed by atoms with Crippen LogP contribution in [0.5, 0.6) is 0 Å². The normalized spacial score (nSPS) is 25.7. The summed E-state index contributed by atoms with van der Waals surface area (Å²) >= 11 is 0. The van der Waals surface area contributed by atoms with Gasteiger partial charge in [0.05, 0.1) is 6.61 Å². The van der Waals surface area contributed by atoms with Crippen LogP contribution in [0.25, 0.3) is 0 Å². The Morgan fingerprint density at radius 2 is 2.38 bits per heavy atom. The highest BCUT2D eigenvalue weighted by atomic mass is 16.5. The van der Waals surface area contributed by atoms with Gasteiger partial charge in [-0.2, -0.15) is 0 Å². The number of methoxy groups -OCH3 is 1. The van der Waals surface area contributed by atoms with Crippen LogP contribution in [0.3, 0.4) is 0 Å². The van der Waals surface area contributed by atoms with Gasteiger partial charge in [0.2, 0.25) is 0 Å². The van der Waals surface area contributed by atoms with E-state index in [2.05, 4.69) is 4.90 Å². The first-order valence-electron chi connectivity index (χ1n) is 4.69. The number of carbonyl (C=O) groups excluding carboxylic acids is 1. The van der Waals surface area contributed by atoms with Gasteiger partial charge >= 0.3 is 5.97 Å². The van der Waals surface area contributed by atoms with E-state index in [1.54, 1.807) is 7.11 Å². The van der Waals surface area contributed by atoms with Gasteiger partial charge in [0.1, 0.15) is 6.04 Å². The summed E-state index contributed by atoms with van der Waals surface area (Å²) in [6.45, 7) is 4.84. The lowest BCUT2D eigenvalue weighted by molar-refractivity contribution is -0.143. The van der Waals surface area contributed by atoms with E-state index >= 15 is 0 Å². The minimum Gasteiger partial charge on any atom is -0.465 e. The number of esters is 1. The van der Waals surface area contributed by atoms with Gasteiger partial charge in [0, 0.05) is 26.8 Å². The summed E-state index contributed by atoms with van der Waals surface area (Å²) in [5, 5.41) is 0. The molecule has 0 aromatic rings. The first-order chi connectivity index (χ1) is 6.29. The van der Waals surface area contributed by atoms with Crippen LogP contribution >= 0.6 is 0 Å². The molecule has 0 radical (unpaired) electrons. The molecule has 0 aromatic carbocycles. The second-order valence-electron chi connectivity index (χ2n) is 3.11. The molecule has 1 aliphatic rings. The Bertz CT molecular complexity index is 172. The summed E-state index contributed by atoms with van der Waals surface area (Å²) in [4.78, 5) is 13.2. The summed E-state index contributed by atoms with van der Waals surface area (Å²) in [5.41, 5.74) is 0. The molecule has 2 unspecified atom stereocenters. The Labute approximate surface area is 78.8 Å². The molecule has 0 aromatic heterocycles. The molecule has 4 nitrogen and oxygen atoms in total. The van der Waals surface area contributed by atoms with Crippen molar-refractivity contribution in [1.82, 2.24) is 4.90 Å². The lowest BCUT2D eigenvalue weighted by atomic mass is 10.4. The van der Waals surface area contributed by atoms with Gasteiger partial charge in [-0.25, -0.2) is 0 Å². The van der Waals surface area contributed by atoms with Gasteiger partial charge in [0.25, 0.3) is 0 Å². The topological polar surface area (TPSA) is 38.5 Å². The van der Waals surface area contributed by atoms with Crippen LogP contribution in [0.2, 0.25) is 0 Å². The molecular formula is C9H17NO3. The van der Waals surface area contributed by atoms with E-state index in [0.717, 1.165) is 26.1 Å². The van der Waals surface area contributed by atoms with E-state index in [0.29, 0.717) is 6.61 Å². The van der Waals surface area contributed by atoms with Crippen LogP contribution in [-0.4, -0.2) is 50.3 Å². The number of hydrogen-bond donors (Lipinski definition) is 0. The van der Waals surface area contributed by atoms with Gasteiger partial charge in [-0.3, -0.25) is 9.69 Å². The molecule has 0 spiro atoms. The third-order valence-corrected chi connectivity index (χ3v) is 2.07. The molecule has 0 aliphatic carbocycles. The molecule has 1 aliphatic heterocycles. The summed E-state index contributed by atoms with van der Waals surface area (Å²) < 4.78 is 9.81. The quantitative estimate of drug-likeness (QED) is 0.340. The lowest BCUT2D eigenvalue weighted by Gasteiger charge is -2.02. The van der Waals surface area contributed by atoms with Gasteiger partial charge in [-0.1, -0.05) is 0 Å². The summed E-state index contributed by atoms with van der Waals surface area (Å²) in [7, 11) is 1.69. The van der Waals surface area contributed by atoms with E-state index in [4.69, 9.17) is 9.47 Å². The fourth-order valence-electron chi connectivity index (χ4n) is 1.30. The zero-order valence-corrected chi connectivity index (χ0v) is 8.28. The molecule has 13 heavy (non-hydrogen) atoms. The zero-order chi connectivity index (χ0) is 9.68. The number of carbonyl (C=O) groups is 1. The Hall–Kier alpha value is -0.610. The zero-order valence-electron chi connectivity index (χ0n) is 8.28. The summed E-state index contributed by atoms with van der Waals surface area (Å²) in [6, 6.07) is 0.0248. The standard InChI is InChI=1S/C9H17NO3/c1-3-13-9(11)8-7-10(8)5-4-6-12-2/h8H,3-7H2,1-2H3. The van der Waals surface area contributed by atoms with Crippen molar-refractivity contribution in [3.05, 3.63) is 0 Å². The van der Waals surface area contributed by atoms with Crippen LogP contribution in [0, 0.1) is 0 Å². The van der Waals surface area contributed by atoms with Crippen LogP contribution in [0.4, 0.5) is 0 Å². The molecule has 76 valence electrons. The molecule has 1 rings (SSSR count). The van der Waals surface area contributed by atoms with E-state index in [9.17, 15) is 4.79 Å². The molecule has 2 atom stereocenters. The minimum absolute atomic E-state index is 0.0248. The molecule has 0 bridgehead atoms. The second kappa shape index (κ2) is 5.19. The van der Waals surface area contributed by atoms with Crippen molar-refractivity contribution in [3.8, 4) is 0 Å². The maximum Gasteiger partial charge on any atom is 0.324 e. The third-order valence-electron chi connectivity index (χ3n) is 2.07. The molecule has 1 saturated heterocycles. The summed E-state index contributed by atoms with van der Waals surface area (Å²) in [6.07, 6.45) is 0.979. The molecule has 1 heterocycles. The van der Waals surface area contributed by atoms with E-state index < -0.39 is 0 Å². The van der Waals surface area contributed by atoms with Gasteiger partial charge < -0.3 is 9.47 Å². The highest BCUT2D eigenvalue weighted by Crippen LogP contribution is 2.18. The van der Waals surface area contributed by atoms with Gasteiger partial charge in [0.15, 0.2) is 0 Å². The Morgan fingerprint density at radius 1 is 1.62 bits per heavy atom. The third kappa shape index (κ3) is 3.32. The maximum absolute atomic E-state index is 11.2. The fraction of sp³-hybridized carbons (Fsp3) is 0.889. The maximum atomic E-state index is 11.2. The molecule has 0 amide bonds. The average molecular weight is 187 g/mol. The van der Waals surface area contributed by atoms with Crippen LogP contribution in [0.1, 0.15) is 13.3 Å². The van der Waals surface area contributed by atoms with Crippen molar-refractivity contribution in [1.29, 1.82) is 0 Å². The van der Waals surface area contributed by atoms with Crippen molar-refractivity contribution in [2.24, 2.45) is 0 Å². The molecular weight excluding hydrogens is 170 g/mol. The monoisotopic (exact) mass is 187 g/mol. The Kier molecular flexibility index (Phi) is 4.18. The fourth-order valence-corrected chi connectivity index (χ4v) is 1.30. The van der Waals surface area contributed by atoms with E-state index in [1.165, 1.54) is 0 Å². The number of nitrogens with zero attached hydrogens (tertiary/aromatic N) is 1. The first kappa shape index (κ1) is 10.5.